The summed E-state index contributed by atoms with van der Waals surface area (Å²) in [5, 5.41) is 3.27. The first-order valence-electron chi connectivity index (χ1n) is 7.35. The van der Waals surface area contributed by atoms with E-state index in [1.54, 1.807) is 0 Å². The van der Waals surface area contributed by atoms with E-state index in [1.807, 2.05) is 25.1 Å². The van der Waals surface area contributed by atoms with Gasteiger partial charge < -0.3 is 19.5 Å². The number of benzene rings is 1. The Labute approximate surface area is 125 Å². The van der Waals surface area contributed by atoms with E-state index in [0.29, 0.717) is 19.8 Å². The molecule has 0 amide bonds. The smallest absolute Gasteiger partial charge is 0.323 e. The standard InChI is InChI=1S/C16H23NO4/c1-4-11(2)15(16(18)19-3)17-10-12-5-6-13-14(9-12)21-8-7-20-13/h5-6,9,11,15,17H,4,7-8,10H2,1-3H3. The Balaban J connectivity index is 2.01. The molecule has 1 aromatic carbocycles. The highest BCUT2D eigenvalue weighted by molar-refractivity contribution is 5.76. The molecule has 0 saturated heterocycles. The third kappa shape index (κ3) is 3.88. The van der Waals surface area contributed by atoms with Gasteiger partial charge in [0.05, 0.1) is 7.11 Å². The van der Waals surface area contributed by atoms with Crippen LogP contribution in [-0.2, 0) is 16.1 Å². The molecule has 0 aromatic heterocycles. The van der Waals surface area contributed by atoms with Crippen LogP contribution < -0.4 is 14.8 Å². The van der Waals surface area contributed by atoms with Crippen LogP contribution in [0.4, 0.5) is 0 Å². The highest BCUT2D eigenvalue weighted by Crippen LogP contribution is 2.30. The monoisotopic (exact) mass is 293 g/mol. The normalized spacial score (nSPS) is 16.1. The van der Waals surface area contributed by atoms with E-state index in [2.05, 4.69) is 12.2 Å². The van der Waals surface area contributed by atoms with Crippen LogP contribution in [0.2, 0.25) is 0 Å². The first-order chi connectivity index (χ1) is 10.2. The fourth-order valence-corrected chi connectivity index (χ4v) is 2.31. The Kier molecular flexibility index (Phi) is 5.44. The minimum absolute atomic E-state index is 0.217. The molecule has 116 valence electrons. The lowest BCUT2D eigenvalue weighted by molar-refractivity contribution is -0.144. The SMILES string of the molecule is CCC(C)C(NCc1ccc2c(c1)OCCO2)C(=O)OC. The maximum atomic E-state index is 11.8. The number of hydrogen-bond acceptors (Lipinski definition) is 5. The van der Waals surface area contributed by atoms with Crippen LogP contribution in [0.15, 0.2) is 18.2 Å². The highest BCUT2D eigenvalue weighted by Gasteiger charge is 2.24. The summed E-state index contributed by atoms with van der Waals surface area (Å²) in [4.78, 5) is 11.8. The molecule has 0 bridgehead atoms. The molecule has 0 fully saturated rings. The second-order valence-electron chi connectivity index (χ2n) is 5.25. The Morgan fingerprint density at radius 3 is 2.71 bits per heavy atom. The molecule has 1 aliphatic heterocycles. The summed E-state index contributed by atoms with van der Waals surface area (Å²) in [5.41, 5.74) is 1.05. The second-order valence-corrected chi connectivity index (χ2v) is 5.25. The van der Waals surface area contributed by atoms with Crippen LogP contribution in [0.3, 0.4) is 0 Å². The van der Waals surface area contributed by atoms with Crippen molar-refractivity contribution in [2.75, 3.05) is 20.3 Å². The van der Waals surface area contributed by atoms with Crippen LogP contribution in [-0.4, -0.2) is 32.3 Å². The maximum absolute atomic E-state index is 11.8. The van der Waals surface area contributed by atoms with Crippen LogP contribution in [0.1, 0.15) is 25.8 Å². The van der Waals surface area contributed by atoms with Gasteiger partial charge in [0.1, 0.15) is 19.3 Å². The van der Waals surface area contributed by atoms with Crippen molar-refractivity contribution in [3.05, 3.63) is 23.8 Å². The zero-order valence-electron chi connectivity index (χ0n) is 12.8. The minimum atomic E-state index is -0.298. The van der Waals surface area contributed by atoms with Crippen LogP contribution in [0, 0.1) is 5.92 Å². The summed E-state index contributed by atoms with van der Waals surface area (Å²) in [5.74, 6) is 1.53. The molecule has 1 aromatic rings. The fraction of sp³-hybridized carbons (Fsp3) is 0.562. The molecular formula is C16H23NO4. The van der Waals surface area contributed by atoms with E-state index in [4.69, 9.17) is 14.2 Å². The summed E-state index contributed by atoms with van der Waals surface area (Å²) in [6.45, 7) is 5.84. The van der Waals surface area contributed by atoms with Crippen molar-refractivity contribution >= 4 is 5.97 Å². The van der Waals surface area contributed by atoms with Gasteiger partial charge in [-0.2, -0.15) is 0 Å². The summed E-state index contributed by atoms with van der Waals surface area (Å²) >= 11 is 0. The minimum Gasteiger partial charge on any atom is -0.486 e. The van der Waals surface area contributed by atoms with Gasteiger partial charge in [0.15, 0.2) is 11.5 Å². The average Bonchev–Trinajstić information content (AvgIpc) is 2.54. The lowest BCUT2D eigenvalue weighted by atomic mass is 9.99. The molecular weight excluding hydrogens is 270 g/mol. The van der Waals surface area contributed by atoms with Gasteiger partial charge in [0.2, 0.25) is 0 Å². The van der Waals surface area contributed by atoms with Gasteiger partial charge >= 0.3 is 5.97 Å². The first kappa shape index (κ1) is 15.6. The number of nitrogens with one attached hydrogen (secondary N) is 1. The Bertz CT molecular complexity index is 489. The van der Waals surface area contributed by atoms with Gasteiger partial charge in [-0.05, 0) is 23.6 Å². The first-order valence-corrected chi connectivity index (χ1v) is 7.35. The number of rotatable bonds is 6. The largest absolute Gasteiger partial charge is 0.486 e. The zero-order chi connectivity index (χ0) is 15.2. The average molecular weight is 293 g/mol. The lowest BCUT2D eigenvalue weighted by Gasteiger charge is -2.23. The van der Waals surface area contributed by atoms with E-state index >= 15 is 0 Å². The number of fused-ring (bicyclic) bond motifs is 1. The molecule has 5 heteroatoms. The van der Waals surface area contributed by atoms with Gasteiger partial charge in [-0.1, -0.05) is 26.3 Å². The van der Waals surface area contributed by atoms with Crippen LogP contribution in [0.25, 0.3) is 0 Å². The lowest BCUT2D eigenvalue weighted by Crippen LogP contribution is -2.42. The number of methoxy groups -OCH3 is 1. The number of ether oxygens (including phenoxy) is 3. The van der Waals surface area contributed by atoms with Crippen molar-refractivity contribution < 1.29 is 19.0 Å². The summed E-state index contributed by atoms with van der Waals surface area (Å²) in [7, 11) is 1.42. The molecule has 21 heavy (non-hydrogen) atoms. The van der Waals surface area contributed by atoms with E-state index in [-0.39, 0.29) is 17.9 Å². The molecule has 0 saturated carbocycles. The molecule has 1 aliphatic rings. The van der Waals surface area contributed by atoms with Crippen molar-refractivity contribution in [2.45, 2.75) is 32.9 Å². The third-order valence-corrected chi connectivity index (χ3v) is 3.80. The topological polar surface area (TPSA) is 56.8 Å². The highest BCUT2D eigenvalue weighted by atomic mass is 16.6. The Morgan fingerprint density at radius 1 is 1.33 bits per heavy atom. The van der Waals surface area contributed by atoms with Crippen molar-refractivity contribution in [1.82, 2.24) is 5.32 Å². The maximum Gasteiger partial charge on any atom is 0.323 e. The Morgan fingerprint density at radius 2 is 2.05 bits per heavy atom. The molecule has 5 nitrogen and oxygen atoms in total. The van der Waals surface area contributed by atoms with Crippen molar-refractivity contribution in [1.29, 1.82) is 0 Å². The molecule has 0 aliphatic carbocycles. The number of esters is 1. The molecule has 1 heterocycles. The van der Waals surface area contributed by atoms with E-state index in [1.165, 1.54) is 7.11 Å². The van der Waals surface area contributed by atoms with Crippen LogP contribution in [0.5, 0.6) is 11.5 Å². The summed E-state index contributed by atoms with van der Waals surface area (Å²) in [6.07, 6.45) is 0.911. The second kappa shape index (κ2) is 7.31. The predicted molar refractivity (Wildman–Crippen MR) is 79.5 cm³/mol. The molecule has 2 atom stereocenters. The summed E-state index contributed by atoms with van der Waals surface area (Å²) < 4.78 is 15.9. The van der Waals surface area contributed by atoms with Gasteiger partial charge in [-0.15, -0.1) is 0 Å². The zero-order valence-corrected chi connectivity index (χ0v) is 12.8. The van der Waals surface area contributed by atoms with Crippen molar-refractivity contribution in [3.8, 4) is 11.5 Å². The van der Waals surface area contributed by atoms with E-state index in [9.17, 15) is 4.79 Å². The third-order valence-electron chi connectivity index (χ3n) is 3.80. The number of carbonyl (C=O) groups excluding carboxylic acids is 1. The van der Waals surface area contributed by atoms with Gasteiger partial charge in [-0.3, -0.25) is 4.79 Å². The molecule has 2 rings (SSSR count). The number of carbonyl (C=O) groups is 1. The molecule has 2 unspecified atom stereocenters. The Hall–Kier alpha value is -1.75. The molecule has 0 radical (unpaired) electrons. The molecule has 1 N–H and O–H groups in total. The summed E-state index contributed by atoms with van der Waals surface area (Å²) in [6, 6.07) is 5.54. The quantitative estimate of drug-likeness (QED) is 0.814. The van der Waals surface area contributed by atoms with Gasteiger partial charge in [0.25, 0.3) is 0 Å². The van der Waals surface area contributed by atoms with E-state index in [0.717, 1.165) is 23.5 Å². The van der Waals surface area contributed by atoms with Crippen molar-refractivity contribution in [2.24, 2.45) is 5.92 Å². The van der Waals surface area contributed by atoms with Gasteiger partial charge in [-0.25, -0.2) is 0 Å². The predicted octanol–water partition coefficient (Wildman–Crippen LogP) is 2.14. The van der Waals surface area contributed by atoms with Gasteiger partial charge in [0, 0.05) is 6.54 Å². The number of hydrogen-bond donors (Lipinski definition) is 1. The van der Waals surface area contributed by atoms with Crippen LogP contribution >= 0.6 is 0 Å². The molecule has 0 spiro atoms. The van der Waals surface area contributed by atoms with E-state index < -0.39 is 0 Å². The fourth-order valence-electron chi connectivity index (χ4n) is 2.31. The van der Waals surface area contributed by atoms with Crippen molar-refractivity contribution in [3.63, 3.8) is 0 Å².